The predicted octanol–water partition coefficient (Wildman–Crippen LogP) is 4.41. The van der Waals surface area contributed by atoms with E-state index in [1.54, 1.807) is 0 Å². The Kier molecular flexibility index (Phi) is 7.80. The molecule has 0 unspecified atom stereocenters. The van der Waals surface area contributed by atoms with E-state index in [0.717, 1.165) is 18.8 Å². The topological polar surface area (TPSA) is 21.3 Å². The Bertz CT molecular complexity index is 631. The molecular weight excluding hydrogens is 294 g/mol. The van der Waals surface area contributed by atoms with Gasteiger partial charge in [0.25, 0.3) is 0 Å². The van der Waals surface area contributed by atoms with E-state index < -0.39 is 0 Å². The van der Waals surface area contributed by atoms with Crippen LogP contribution >= 0.6 is 12.4 Å². The van der Waals surface area contributed by atoms with E-state index in [-0.39, 0.29) is 12.4 Å². The van der Waals surface area contributed by atoms with Gasteiger partial charge in [0.2, 0.25) is 0 Å². The number of hydrogen-bond acceptors (Lipinski definition) is 2. The fourth-order valence-corrected chi connectivity index (χ4v) is 2.36. The summed E-state index contributed by atoms with van der Waals surface area (Å²) in [5.74, 6) is 4.12. The van der Waals surface area contributed by atoms with Gasteiger partial charge in [0.15, 0.2) is 0 Å². The third-order valence-corrected chi connectivity index (χ3v) is 3.51. The zero-order valence-electron chi connectivity index (χ0n) is 13.3. The van der Waals surface area contributed by atoms with Gasteiger partial charge in [-0.1, -0.05) is 50.1 Å². The molecule has 2 nitrogen and oxygen atoms in total. The van der Waals surface area contributed by atoms with Crippen molar-refractivity contribution in [3.63, 3.8) is 0 Å². The Morgan fingerprint density at radius 1 is 1.18 bits per heavy atom. The van der Waals surface area contributed by atoms with E-state index in [4.69, 9.17) is 11.2 Å². The first-order valence-corrected chi connectivity index (χ1v) is 7.50. The Morgan fingerprint density at radius 2 is 1.95 bits per heavy atom. The minimum absolute atomic E-state index is 0. The van der Waals surface area contributed by atoms with Crippen molar-refractivity contribution in [1.29, 1.82) is 0 Å². The maximum Gasteiger partial charge on any atom is 0.148 e. The van der Waals surface area contributed by atoms with Crippen LogP contribution in [0.25, 0.3) is 10.8 Å². The fourth-order valence-electron chi connectivity index (χ4n) is 2.36. The van der Waals surface area contributed by atoms with Crippen molar-refractivity contribution in [2.24, 2.45) is 5.92 Å². The molecule has 3 heteroatoms. The van der Waals surface area contributed by atoms with E-state index >= 15 is 0 Å². The van der Waals surface area contributed by atoms with Crippen LogP contribution in [-0.4, -0.2) is 13.2 Å². The average Bonchev–Trinajstić information content (AvgIpc) is 2.49. The largest absolute Gasteiger partial charge is 0.481 e. The summed E-state index contributed by atoms with van der Waals surface area (Å²) in [6.45, 7) is 6.59. The molecule has 1 N–H and O–H groups in total. The van der Waals surface area contributed by atoms with Crippen molar-refractivity contribution in [3.05, 3.63) is 42.0 Å². The van der Waals surface area contributed by atoms with Crippen LogP contribution in [0.15, 0.2) is 36.4 Å². The Labute approximate surface area is 139 Å². The van der Waals surface area contributed by atoms with E-state index in [1.165, 1.54) is 22.8 Å². The predicted molar refractivity (Wildman–Crippen MR) is 96.7 cm³/mol. The Balaban J connectivity index is 0.00000242. The molecule has 0 heterocycles. The standard InChI is InChI=1S/C19H23NO.ClH/c1-4-13-21-19-10-9-16-7-5-6-8-17(16)18(19)14-20-12-11-15(2)3;/h1,5-10,15,20H,11-14H2,2-3H3;1H. The summed E-state index contributed by atoms with van der Waals surface area (Å²) in [5, 5.41) is 5.96. The van der Waals surface area contributed by atoms with Crippen molar-refractivity contribution in [1.82, 2.24) is 5.32 Å². The molecule has 0 spiro atoms. The van der Waals surface area contributed by atoms with Crippen LogP contribution in [0.4, 0.5) is 0 Å². The normalized spacial score (nSPS) is 10.3. The highest BCUT2D eigenvalue weighted by Crippen LogP contribution is 2.28. The van der Waals surface area contributed by atoms with Gasteiger partial charge < -0.3 is 10.1 Å². The van der Waals surface area contributed by atoms with Gasteiger partial charge in [-0.05, 0) is 35.7 Å². The molecule has 0 amide bonds. The molecule has 2 rings (SSSR count). The van der Waals surface area contributed by atoms with Gasteiger partial charge in [-0.3, -0.25) is 0 Å². The third kappa shape index (κ3) is 4.94. The van der Waals surface area contributed by atoms with Gasteiger partial charge in [-0.2, -0.15) is 0 Å². The first-order valence-electron chi connectivity index (χ1n) is 7.50. The number of hydrogen-bond donors (Lipinski definition) is 1. The van der Waals surface area contributed by atoms with Crippen LogP contribution in [0.3, 0.4) is 0 Å². The first-order chi connectivity index (χ1) is 10.2. The minimum atomic E-state index is 0. The fraction of sp³-hybridized carbons (Fsp3) is 0.368. The van der Waals surface area contributed by atoms with Gasteiger partial charge >= 0.3 is 0 Å². The molecule has 0 aromatic heterocycles. The summed E-state index contributed by atoms with van der Waals surface area (Å²) in [7, 11) is 0. The zero-order valence-corrected chi connectivity index (χ0v) is 14.1. The average molecular weight is 318 g/mol. The second-order valence-electron chi connectivity index (χ2n) is 5.62. The number of fused-ring (bicyclic) bond motifs is 1. The maximum atomic E-state index is 5.70. The molecule has 2 aromatic carbocycles. The molecular formula is C19H24ClNO. The molecule has 0 aliphatic carbocycles. The van der Waals surface area contributed by atoms with Gasteiger partial charge in [-0.25, -0.2) is 0 Å². The van der Waals surface area contributed by atoms with Crippen molar-refractivity contribution < 1.29 is 4.74 Å². The van der Waals surface area contributed by atoms with E-state index in [2.05, 4.69) is 55.4 Å². The van der Waals surface area contributed by atoms with E-state index in [1.807, 2.05) is 6.07 Å². The Morgan fingerprint density at radius 3 is 2.68 bits per heavy atom. The summed E-state index contributed by atoms with van der Waals surface area (Å²) in [6, 6.07) is 12.5. The monoisotopic (exact) mass is 317 g/mol. The molecule has 22 heavy (non-hydrogen) atoms. The smallest absolute Gasteiger partial charge is 0.148 e. The lowest BCUT2D eigenvalue weighted by Gasteiger charge is -2.14. The van der Waals surface area contributed by atoms with E-state index in [9.17, 15) is 0 Å². The SMILES string of the molecule is C#CCOc1ccc2ccccc2c1CNCCC(C)C.Cl. The van der Waals surface area contributed by atoms with Crippen LogP contribution in [-0.2, 0) is 6.54 Å². The summed E-state index contributed by atoms with van der Waals surface area (Å²) >= 11 is 0. The molecule has 0 bridgehead atoms. The lowest BCUT2D eigenvalue weighted by atomic mass is 10.0. The highest BCUT2D eigenvalue weighted by molar-refractivity contribution is 5.87. The lowest BCUT2D eigenvalue weighted by molar-refractivity contribution is 0.365. The van der Waals surface area contributed by atoms with Gasteiger partial charge in [0.1, 0.15) is 12.4 Å². The highest BCUT2D eigenvalue weighted by Gasteiger charge is 2.08. The number of nitrogens with one attached hydrogen (secondary N) is 1. The van der Waals surface area contributed by atoms with Crippen LogP contribution < -0.4 is 10.1 Å². The first kappa shape index (κ1) is 18.4. The molecule has 0 aliphatic rings. The Hall–Kier alpha value is -1.69. The highest BCUT2D eigenvalue weighted by atomic mass is 35.5. The lowest BCUT2D eigenvalue weighted by Crippen LogP contribution is -2.17. The molecule has 2 aromatic rings. The minimum Gasteiger partial charge on any atom is -0.481 e. The van der Waals surface area contributed by atoms with Crippen LogP contribution in [0.1, 0.15) is 25.8 Å². The number of halogens is 1. The number of terminal acetylenes is 1. The quantitative estimate of drug-likeness (QED) is 0.603. The van der Waals surface area contributed by atoms with Gasteiger partial charge in [-0.15, -0.1) is 18.8 Å². The molecule has 0 radical (unpaired) electrons. The summed E-state index contributed by atoms with van der Waals surface area (Å²) in [6.07, 6.45) is 6.48. The summed E-state index contributed by atoms with van der Waals surface area (Å²) < 4.78 is 5.70. The van der Waals surface area contributed by atoms with E-state index in [0.29, 0.717) is 12.5 Å². The van der Waals surface area contributed by atoms with Gasteiger partial charge in [0, 0.05) is 12.1 Å². The second-order valence-corrected chi connectivity index (χ2v) is 5.62. The van der Waals surface area contributed by atoms with Crippen LogP contribution in [0, 0.1) is 18.3 Å². The second kappa shape index (κ2) is 9.35. The third-order valence-electron chi connectivity index (χ3n) is 3.51. The summed E-state index contributed by atoms with van der Waals surface area (Å²) in [5.41, 5.74) is 1.19. The van der Waals surface area contributed by atoms with Crippen molar-refractivity contribution in [2.75, 3.05) is 13.2 Å². The van der Waals surface area contributed by atoms with Gasteiger partial charge in [0.05, 0.1) is 0 Å². The van der Waals surface area contributed by atoms with Crippen molar-refractivity contribution in [3.8, 4) is 18.1 Å². The zero-order chi connectivity index (χ0) is 15.1. The molecule has 0 saturated carbocycles. The maximum absolute atomic E-state index is 5.70. The molecule has 0 fully saturated rings. The van der Waals surface area contributed by atoms with Crippen molar-refractivity contribution >= 4 is 23.2 Å². The number of rotatable bonds is 7. The molecule has 0 aliphatic heterocycles. The molecule has 0 saturated heterocycles. The van der Waals surface area contributed by atoms with Crippen LogP contribution in [0.2, 0.25) is 0 Å². The molecule has 118 valence electrons. The van der Waals surface area contributed by atoms with Crippen LogP contribution in [0.5, 0.6) is 5.75 Å². The van der Waals surface area contributed by atoms with Crippen molar-refractivity contribution in [2.45, 2.75) is 26.8 Å². The molecule has 0 atom stereocenters. The number of ether oxygens (including phenoxy) is 1. The summed E-state index contributed by atoms with van der Waals surface area (Å²) in [4.78, 5) is 0. The number of benzene rings is 2.